The maximum absolute atomic E-state index is 5.52. The second-order valence-electron chi connectivity index (χ2n) is 7.84. The van der Waals surface area contributed by atoms with E-state index < -0.39 is 0 Å². The molecule has 1 aliphatic rings. The Hall–Kier alpha value is -1.18. The van der Waals surface area contributed by atoms with Crippen molar-refractivity contribution in [2.45, 2.75) is 59.5 Å². The molecule has 1 aromatic heterocycles. The van der Waals surface area contributed by atoms with Gasteiger partial charge in [-0.05, 0) is 19.3 Å². The van der Waals surface area contributed by atoms with E-state index in [9.17, 15) is 0 Å². The van der Waals surface area contributed by atoms with Gasteiger partial charge in [-0.2, -0.15) is 0 Å². The zero-order valence-electron chi connectivity index (χ0n) is 17.6. The highest BCUT2D eigenvalue weighted by atomic mass is 32.1. The van der Waals surface area contributed by atoms with Gasteiger partial charge in [-0.3, -0.25) is 4.90 Å². The monoisotopic (exact) mass is 395 g/mol. The lowest BCUT2D eigenvalue weighted by atomic mass is 10.0. The van der Waals surface area contributed by atoms with Crippen LogP contribution in [0.4, 0.5) is 0 Å². The first kappa shape index (κ1) is 22.1. The molecule has 7 heteroatoms. The highest BCUT2D eigenvalue weighted by Crippen LogP contribution is 2.19. The third-order valence-corrected chi connectivity index (χ3v) is 5.81. The number of hydrogen-bond acceptors (Lipinski definition) is 5. The summed E-state index contributed by atoms with van der Waals surface area (Å²) in [7, 11) is 0. The number of guanidine groups is 1. The Morgan fingerprint density at radius 3 is 2.59 bits per heavy atom. The lowest BCUT2D eigenvalue weighted by Gasteiger charge is -2.35. The minimum Gasteiger partial charge on any atom is -0.379 e. The van der Waals surface area contributed by atoms with Crippen molar-refractivity contribution in [1.82, 2.24) is 20.5 Å². The van der Waals surface area contributed by atoms with E-state index in [1.165, 1.54) is 11.4 Å². The molecule has 1 atom stereocenters. The molecule has 1 saturated heterocycles. The summed E-state index contributed by atoms with van der Waals surface area (Å²) in [5.41, 5.74) is 1.05. The van der Waals surface area contributed by atoms with Gasteiger partial charge in [-0.25, -0.2) is 9.98 Å². The minimum absolute atomic E-state index is 0.476. The van der Waals surface area contributed by atoms with Gasteiger partial charge in [-0.15, -0.1) is 11.3 Å². The molecular weight excluding hydrogens is 358 g/mol. The van der Waals surface area contributed by atoms with Crippen molar-refractivity contribution in [3.05, 3.63) is 16.1 Å². The predicted octanol–water partition coefficient (Wildman–Crippen LogP) is 3.07. The second kappa shape index (κ2) is 11.6. The smallest absolute Gasteiger partial charge is 0.191 e. The quantitative estimate of drug-likeness (QED) is 0.497. The molecule has 0 aromatic carbocycles. The largest absolute Gasteiger partial charge is 0.379 e. The van der Waals surface area contributed by atoms with Crippen LogP contribution in [0.3, 0.4) is 0 Å². The number of nitrogens with zero attached hydrogens (tertiary/aromatic N) is 3. The molecule has 1 aromatic rings. The van der Waals surface area contributed by atoms with E-state index >= 15 is 0 Å². The third kappa shape index (κ3) is 7.76. The summed E-state index contributed by atoms with van der Waals surface area (Å²) in [6, 6.07) is 0.504. The fourth-order valence-corrected chi connectivity index (χ4v) is 4.05. The first-order valence-electron chi connectivity index (χ1n) is 10.3. The van der Waals surface area contributed by atoms with Gasteiger partial charge in [0.15, 0.2) is 5.96 Å². The number of ether oxygens (including phenoxy) is 1. The number of hydrogen-bond donors (Lipinski definition) is 2. The van der Waals surface area contributed by atoms with Crippen LogP contribution >= 0.6 is 11.3 Å². The zero-order chi connectivity index (χ0) is 19.6. The molecule has 6 nitrogen and oxygen atoms in total. The van der Waals surface area contributed by atoms with E-state index in [0.717, 1.165) is 51.0 Å². The third-order valence-electron chi connectivity index (χ3n) is 4.62. The zero-order valence-corrected chi connectivity index (χ0v) is 18.4. The van der Waals surface area contributed by atoms with Gasteiger partial charge in [0.2, 0.25) is 0 Å². The highest BCUT2D eigenvalue weighted by Gasteiger charge is 2.22. The molecule has 0 saturated carbocycles. The maximum Gasteiger partial charge on any atom is 0.191 e. The second-order valence-corrected chi connectivity index (χ2v) is 8.73. The van der Waals surface area contributed by atoms with E-state index in [4.69, 9.17) is 9.73 Å². The molecule has 154 valence electrons. The minimum atomic E-state index is 0.476. The molecule has 0 bridgehead atoms. The van der Waals surface area contributed by atoms with Crippen LogP contribution in [0.2, 0.25) is 0 Å². The topological polar surface area (TPSA) is 61.8 Å². The Bertz CT molecular complexity index is 566. The van der Waals surface area contributed by atoms with Crippen molar-refractivity contribution < 1.29 is 4.74 Å². The summed E-state index contributed by atoms with van der Waals surface area (Å²) in [5, 5.41) is 10.2. The number of aliphatic imine (C=N–C) groups is 1. The van der Waals surface area contributed by atoms with Crippen molar-refractivity contribution in [1.29, 1.82) is 0 Å². The Labute approximate surface area is 168 Å². The van der Waals surface area contributed by atoms with Crippen molar-refractivity contribution in [2.24, 2.45) is 10.9 Å². The fraction of sp³-hybridized carbons (Fsp3) is 0.800. The summed E-state index contributed by atoms with van der Waals surface area (Å²) >= 11 is 1.73. The maximum atomic E-state index is 5.52. The average molecular weight is 396 g/mol. The Morgan fingerprint density at radius 2 is 2.00 bits per heavy atom. The fourth-order valence-electron chi connectivity index (χ4n) is 3.23. The molecule has 2 heterocycles. The first-order chi connectivity index (χ1) is 13.0. The summed E-state index contributed by atoms with van der Waals surface area (Å²) in [6.07, 6.45) is 1.18. The highest BCUT2D eigenvalue weighted by molar-refractivity contribution is 7.09. The van der Waals surface area contributed by atoms with Gasteiger partial charge >= 0.3 is 0 Å². The van der Waals surface area contributed by atoms with Crippen LogP contribution in [0, 0.1) is 5.92 Å². The summed E-state index contributed by atoms with van der Waals surface area (Å²) in [6.45, 7) is 17.1. The van der Waals surface area contributed by atoms with E-state index in [2.05, 4.69) is 60.5 Å². The first-order valence-corrected chi connectivity index (χ1v) is 11.2. The van der Waals surface area contributed by atoms with Crippen molar-refractivity contribution in [3.8, 4) is 0 Å². The Kier molecular flexibility index (Phi) is 9.51. The number of thiazole rings is 1. The molecule has 2 rings (SSSR count). The van der Waals surface area contributed by atoms with E-state index in [1.807, 2.05) is 0 Å². The van der Waals surface area contributed by atoms with Gasteiger partial charge in [0.05, 0.1) is 30.5 Å². The molecule has 0 aliphatic carbocycles. The van der Waals surface area contributed by atoms with Crippen LogP contribution in [-0.2, 0) is 11.3 Å². The molecule has 1 unspecified atom stereocenters. The Balaban J connectivity index is 1.94. The molecule has 1 aliphatic heterocycles. The number of morpholine rings is 1. The Morgan fingerprint density at radius 1 is 1.26 bits per heavy atom. The number of rotatable bonds is 9. The van der Waals surface area contributed by atoms with Gasteiger partial charge in [0, 0.05) is 43.5 Å². The SMILES string of the molecule is CCNC(=NCc1csc(C(C)C)n1)NCC(CC(C)C)N1CCOCC1. The van der Waals surface area contributed by atoms with Crippen LogP contribution in [0.1, 0.15) is 57.7 Å². The van der Waals surface area contributed by atoms with Crippen molar-refractivity contribution >= 4 is 17.3 Å². The number of nitrogens with one attached hydrogen (secondary N) is 2. The molecule has 0 spiro atoms. The van der Waals surface area contributed by atoms with E-state index in [0.29, 0.717) is 24.4 Å². The predicted molar refractivity (Wildman–Crippen MR) is 115 cm³/mol. The van der Waals surface area contributed by atoms with Crippen LogP contribution in [0.5, 0.6) is 0 Å². The summed E-state index contributed by atoms with van der Waals surface area (Å²) in [5.74, 6) is 2.02. The molecule has 2 N–H and O–H groups in total. The van der Waals surface area contributed by atoms with E-state index in [-0.39, 0.29) is 0 Å². The molecule has 27 heavy (non-hydrogen) atoms. The van der Waals surface area contributed by atoms with Crippen LogP contribution < -0.4 is 10.6 Å². The molecule has 1 fully saturated rings. The molecule has 0 radical (unpaired) electrons. The van der Waals surface area contributed by atoms with Crippen molar-refractivity contribution in [3.63, 3.8) is 0 Å². The lowest BCUT2D eigenvalue weighted by molar-refractivity contribution is 0.0132. The van der Waals surface area contributed by atoms with Gasteiger partial charge in [0.1, 0.15) is 0 Å². The standard InChI is InChI=1S/C20H37N5OS/c1-6-21-20(22-12-17-14-27-19(24-17)16(4)5)23-13-18(11-15(2)3)25-7-9-26-10-8-25/h14-16,18H,6-13H2,1-5H3,(H2,21,22,23). The van der Waals surface area contributed by atoms with Crippen LogP contribution in [0.15, 0.2) is 10.4 Å². The van der Waals surface area contributed by atoms with Crippen molar-refractivity contribution in [2.75, 3.05) is 39.4 Å². The van der Waals surface area contributed by atoms with Gasteiger partial charge < -0.3 is 15.4 Å². The van der Waals surface area contributed by atoms with E-state index in [1.54, 1.807) is 11.3 Å². The van der Waals surface area contributed by atoms with Gasteiger partial charge in [-0.1, -0.05) is 27.7 Å². The normalized spacial score (nSPS) is 17.5. The summed E-state index contributed by atoms with van der Waals surface area (Å²) in [4.78, 5) is 12.0. The van der Waals surface area contributed by atoms with Crippen LogP contribution in [-0.4, -0.2) is 61.3 Å². The molecule has 0 amide bonds. The summed E-state index contributed by atoms with van der Waals surface area (Å²) < 4.78 is 5.52. The lowest BCUT2D eigenvalue weighted by Crippen LogP contribution is -2.51. The number of aromatic nitrogens is 1. The molecular formula is C20H37N5OS. The van der Waals surface area contributed by atoms with Gasteiger partial charge in [0.25, 0.3) is 0 Å². The average Bonchev–Trinajstić information content (AvgIpc) is 3.12. The van der Waals surface area contributed by atoms with Crippen LogP contribution in [0.25, 0.3) is 0 Å².